The fourth-order valence-electron chi connectivity index (χ4n) is 1.82. The van der Waals surface area contributed by atoms with Crippen molar-refractivity contribution < 1.29 is 0 Å². The normalized spacial score (nSPS) is 11.4. The van der Waals surface area contributed by atoms with E-state index in [9.17, 15) is 0 Å². The molecule has 0 aliphatic rings. The maximum absolute atomic E-state index is 6.22. The Labute approximate surface area is 95.1 Å². The predicted molar refractivity (Wildman–Crippen MR) is 65.0 cm³/mol. The molecule has 0 amide bonds. The van der Waals surface area contributed by atoms with Crippen molar-refractivity contribution in [2.75, 3.05) is 0 Å². The molecule has 0 N–H and O–H groups in total. The van der Waals surface area contributed by atoms with Crippen molar-refractivity contribution in [1.82, 2.24) is 0 Å². The molecule has 0 bridgehead atoms. The number of rotatable bonds is 2. The van der Waals surface area contributed by atoms with E-state index in [0.29, 0.717) is 11.8 Å². The second-order valence-corrected chi connectivity index (χ2v) is 5.18. The van der Waals surface area contributed by atoms with Crippen LogP contribution in [0.1, 0.15) is 50.7 Å². The first-order valence-electron chi connectivity index (χ1n) is 4.99. The summed E-state index contributed by atoms with van der Waals surface area (Å²) >= 11 is 6.22. The van der Waals surface area contributed by atoms with Gasteiger partial charge in [0, 0.05) is 5.02 Å². The molecule has 0 unspecified atom stereocenters. The minimum absolute atomic E-state index is 0.469. The van der Waals surface area contributed by atoms with E-state index in [1.54, 1.807) is 0 Å². The van der Waals surface area contributed by atoms with Crippen molar-refractivity contribution in [2.24, 2.45) is 0 Å². The zero-order valence-electron chi connectivity index (χ0n) is 9.19. The largest absolute Gasteiger partial charge is 0.0840 e. The van der Waals surface area contributed by atoms with E-state index in [1.165, 1.54) is 11.1 Å². The topological polar surface area (TPSA) is 0 Å². The Hall–Kier alpha value is -0.273. The summed E-state index contributed by atoms with van der Waals surface area (Å²) in [4.78, 5) is 0. The van der Waals surface area contributed by atoms with Crippen LogP contribution < -0.4 is 5.19 Å². The lowest BCUT2D eigenvalue weighted by Gasteiger charge is -2.20. The first kappa shape index (κ1) is 11.8. The van der Waals surface area contributed by atoms with E-state index in [0.717, 1.165) is 10.2 Å². The molecule has 0 saturated carbocycles. The molecule has 0 saturated heterocycles. The van der Waals surface area contributed by atoms with E-state index in [2.05, 4.69) is 37.9 Å². The zero-order valence-corrected chi connectivity index (χ0v) is 10.9. The van der Waals surface area contributed by atoms with Crippen LogP contribution in [0, 0.1) is 0 Å². The second kappa shape index (κ2) is 4.50. The molecule has 0 spiro atoms. The minimum atomic E-state index is 0.469. The summed E-state index contributed by atoms with van der Waals surface area (Å²) in [5.74, 6) is 0.967. The van der Waals surface area contributed by atoms with Crippen molar-refractivity contribution in [3.8, 4) is 0 Å². The first-order valence-corrected chi connectivity index (χ1v) is 5.86. The average Bonchev–Trinajstić information content (AvgIpc) is 2.07. The summed E-state index contributed by atoms with van der Waals surface area (Å²) in [6.45, 7) is 8.75. The van der Waals surface area contributed by atoms with Crippen LogP contribution in [0.3, 0.4) is 0 Å². The van der Waals surface area contributed by atoms with Gasteiger partial charge < -0.3 is 0 Å². The number of benzene rings is 1. The Morgan fingerprint density at radius 2 is 1.50 bits per heavy atom. The molecule has 0 aliphatic carbocycles. The van der Waals surface area contributed by atoms with Gasteiger partial charge in [0.1, 0.15) is 0 Å². The highest BCUT2D eigenvalue weighted by atomic mass is 35.5. The van der Waals surface area contributed by atoms with Gasteiger partial charge in [-0.15, -0.1) is 0 Å². The Balaban J connectivity index is 3.42. The molecule has 0 atom stereocenters. The van der Waals surface area contributed by atoms with Gasteiger partial charge in [0.25, 0.3) is 0 Å². The molecular weight excluding hydrogens is 208 g/mol. The van der Waals surface area contributed by atoms with Crippen molar-refractivity contribution in [3.63, 3.8) is 0 Å². The van der Waals surface area contributed by atoms with Gasteiger partial charge >= 0.3 is 0 Å². The minimum Gasteiger partial charge on any atom is -0.0840 e. The molecule has 14 heavy (non-hydrogen) atoms. The van der Waals surface area contributed by atoms with Gasteiger partial charge in [0.15, 0.2) is 0 Å². The van der Waals surface area contributed by atoms with Gasteiger partial charge in [-0.3, -0.25) is 0 Å². The quantitative estimate of drug-likeness (QED) is 0.675. The first-order chi connectivity index (χ1) is 6.45. The molecular formula is C12H16ClSi. The van der Waals surface area contributed by atoms with Gasteiger partial charge in [-0.05, 0) is 29.0 Å². The monoisotopic (exact) mass is 223 g/mol. The highest BCUT2D eigenvalue weighted by Gasteiger charge is 2.15. The third kappa shape index (κ3) is 2.21. The van der Waals surface area contributed by atoms with Crippen molar-refractivity contribution in [3.05, 3.63) is 28.3 Å². The molecule has 1 aromatic rings. The second-order valence-electron chi connectivity index (χ2n) is 4.23. The van der Waals surface area contributed by atoms with Crippen LogP contribution in [0.15, 0.2) is 12.1 Å². The highest BCUT2D eigenvalue weighted by Crippen LogP contribution is 2.30. The Kier molecular flexibility index (Phi) is 3.79. The summed E-state index contributed by atoms with van der Waals surface area (Å²) in [5, 5.41) is 2.04. The average molecular weight is 224 g/mol. The molecule has 75 valence electrons. The van der Waals surface area contributed by atoms with E-state index < -0.39 is 0 Å². The summed E-state index contributed by atoms with van der Waals surface area (Å²) in [6.07, 6.45) is 0. The van der Waals surface area contributed by atoms with Crippen molar-refractivity contribution in [2.45, 2.75) is 39.5 Å². The van der Waals surface area contributed by atoms with Crippen LogP contribution in [-0.2, 0) is 0 Å². The summed E-state index contributed by atoms with van der Waals surface area (Å²) in [5.41, 5.74) is 2.61. The molecule has 1 aromatic carbocycles. The maximum atomic E-state index is 6.22. The lowest BCUT2D eigenvalue weighted by Crippen LogP contribution is -2.16. The van der Waals surface area contributed by atoms with E-state index in [1.807, 2.05) is 12.1 Å². The summed E-state index contributed by atoms with van der Waals surface area (Å²) < 4.78 is 0. The van der Waals surface area contributed by atoms with Gasteiger partial charge in [-0.25, -0.2) is 0 Å². The zero-order chi connectivity index (χ0) is 10.9. The highest BCUT2D eigenvalue weighted by molar-refractivity contribution is 6.36. The van der Waals surface area contributed by atoms with E-state index in [4.69, 9.17) is 11.6 Å². The molecule has 3 radical (unpaired) electrons. The van der Waals surface area contributed by atoms with Gasteiger partial charge in [-0.1, -0.05) is 50.5 Å². The van der Waals surface area contributed by atoms with Crippen LogP contribution >= 0.6 is 11.6 Å². The molecule has 0 nitrogen and oxygen atoms in total. The van der Waals surface area contributed by atoms with Crippen LogP contribution in [0.5, 0.6) is 0 Å². The molecule has 0 fully saturated rings. The molecule has 0 aliphatic heterocycles. The third-order valence-electron chi connectivity index (χ3n) is 2.39. The van der Waals surface area contributed by atoms with E-state index in [-0.39, 0.29) is 0 Å². The van der Waals surface area contributed by atoms with Crippen LogP contribution in [0.2, 0.25) is 5.02 Å². The third-order valence-corrected chi connectivity index (χ3v) is 3.15. The van der Waals surface area contributed by atoms with Crippen molar-refractivity contribution >= 4 is 27.0 Å². The molecule has 0 aromatic heterocycles. The lowest BCUT2D eigenvalue weighted by atomic mass is 9.90. The fourth-order valence-corrected chi connectivity index (χ4v) is 2.71. The fraction of sp³-hybridized carbons (Fsp3) is 0.500. The molecule has 0 heterocycles. The number of halogens is 1. The number of hydrogen-bond donors (Lipinski definition) is 0. The Morgan fingerprint density at radius 3 is 1.86 bits per heavy atom. The Morgan fingerprint density at radius 1 is 1.00 bits per heavy atom. The summed E-state index contributed by atoms with van der Waals surface area (Å²) in [6, 6.07) is 3.99. The summed E-state index contributed by atoms with van der Waals surface area (Å²) in [7, 11) is 3.64. The van der Waals surface area contributed by atoms with Gasteiger partial charge in [0.05, 0.1) is 10.2 Å². The maximum Gasteiger partial charge on any atom is 0.0716 e. The Bertz CT molecular complexity index is 296. The van der Waals surface area contributed by atoms with Crippen molar-refractivity contribution in [1.29, 1.82) is 0 Å². The van der Waals surface area contributed by atoms with E-state index >= 15 is 0 Å². The number of hydrogen-bond acceptors (Lipinski definition) is 0. The predicted octanol–water partition coefficient (Wildman–Crippen LogP) is 3.38. The van der Waals surface area contributed by atoms with Gasteiger partial charge in [0.2, 0.25) is 0 Å². The smallest absolute Gasteiger partial charge is 0.0716 e. The molecule has 1 rings (SSSR count). The van der Waals surface area contributed by atoms with Crippen LogP contribution in [-0.4, -0.2) is 10.2 Å². The lowest BCUT2D eigenvalue weighted by molar-refractivity contribution is 0.795. The molecule has 2 heteroatoms. The SMILES string of the molecule is CC(C)c1c([Si])ccc(Cl)c1C(C)C. The van der Waals surface area contributed by atoms with Crippen LogP contribution in [0.25, 0.3) is 0 Å². The van der Waals surface area contributed by atoms with Crippen LogP contribution in [0.4, 0.5) is 0 Å². The standard InChI is InChI=1S/C12H16ClSi/c1-7(2)11-9(13)5-6-10(14)12(11)8(3)4/h5-8H,1-4H3. The van der Waals surface area contributed by atoms with Gasteiger partial charge in [-0.2, -0.15) is 0 Å².